The van der Waals surface area contributed by atoms with E-state index in [4.69, 9.17) is 0 Å². The van der Waals surface area contributed by atoms with Gasteiger partial charge in [0.25, 0.3) is 0 Å². The molecule has 2 atom stereocenters. The Balaban J connectivity index is 0.00000128. The number of hydrogen-bond donors (Lipinski definition) is 3. The van der Waals surface area contributed by atoms with E-state index in [2.05, 4.69) is 16.0 Å². The third-order valence-corrected chi connectivity index (χ3v) is 3.66. The summed E-state index contributed by atoms with van der Waals surface area (Å²) in [6, 6.07) is 0. The van der Waals surface area contributed by atoms with Gasteiger partial charge in [-0.25, -0.2) is 0 Å². The molecule has 0 aromatic carbocycles. The van der Waals surface area contributed by atoms with Crippen molar-refractivity contribution in [3.8, 4) is 0 Å². The first-order valence-electron chi connectivity index (χ1n) is 6.57. The first-order chi connectivity index (χ1) is 7.45. The van der Waals surface area contributed by atoms with Gasteiger partial charge in [-0.2, -0.15) is 0 Å². The third kappa shape index (κ3) is 5.00. The molecule has 0 aliphatic carbocycles. The summed E-state index contributed by atoms with van der Waals surface area (Å²) >= 11 is 0. The molecule has 2 saturated heterocycles. The Morgan fingerprint density at radius 3 is 1.75 bits per heavy atom. The lowest BCUT2D eigenvalue weighted by atomic mass is 9.97. The number of hydrogen-bond acceptors (Lipinski definition) is 3. The second-order valence-corrected chi connectivity index (χ2v) is 5.08. The molecule has 0 saturated carbocycles. The summed E-state index contributed by atoms with van der Waals surface area (Å²) in [5.74, 6) is 1.74. The predicted molar refractivity (Wildman–Crippen MR) is 71.3 cm³/mol. The first kappa shape index (κ1) is 14.2. The van der Waals surface area contributed by atoms with Gasteiger partial charge in [-0.1, -0.05) is 0 Å². The van der Waals surface area contributed by atoms with Crippen LogP contribution in [0.5, 0.6) is 0 Å². The van der Waals surface area contributed by atoms with E-state index >= 15 is 0 Å². The largest absolute Gasteiger partial charge is 0.316 e. The highest BCUT2D eigenvalue weighted by atomic mass is 35.5. The Hall–Kier alpha value is 0.170. The molecule has 2 aliphatic rings. The van der Waals surface area contributed by atoms with E-state index in [9.17, 15) is 0 Å². The summed E-state index contributed by atoms with van der Waals surface area (Å²) in [5.41, 5.74) is 0. The van der Waals surface area contributed by atoms with Gasteiger partial charge in [0.15, 0.2) is 0 Å². The zero-order chi connectivity index (χ0) is 10.3. The molecule has 4 heteroatoms. The minimum absolute atomic E-state index is 0. The molecule has 0 aromatic heterocycles. The molecule has 0 aromatic rings. The number of halogens is 1. The zero-order valence-corrected chi connectivity index (χ0v) is 11.0. The molecular formula is C12H26ClN3. The summed E-state index contributed by atoms with van der Waals surface area (Å²) in [4.78, 5) is 0. The van der Waals surface area contributed by atoms with E-state index in [0.29, 0.717) is 0 Å². The molecule has 0 amide bonds. The Labute approximate surface area is 106 Å². The molecule has 2 rings (SSSR count). The smallest absolute Gasteiger partial charge is 0.000825 e. The fourth-order valence-corrected chi connectivity index (χ4v) is 2.69. The average Bonchev–Trinajstić information content (AvgIpc) is 2.32. The Bertz CT molecular complexity index is 148. The maximum Gasteiger partial charge on any atom is -0.000825 e. The number of nitrogens with one attached hydrogen (secondary N) is 3. The van der Waals surface area contributed by atoms with Gasteiger partial charge in [-0.3, -0.25) is 0 Å². The molecular weight excluding hydrogens is 222 g/mol. The van der Waals surface area contributed by atoms with E-state index < -0.39 is 0 Å². The maximum absolute atomic E-state index is 3.64. The fourth-order valence-electron chi connectivity index (χ4n) is 2.69. The van der Waals surface area contributed by atoms with Gasteiger partial charge in [0, 0.05) is 0 Å². The molecule has 0 spiro atoms. The van der Waals surface area contributed by atoms with Crippen LogP contribution >= 0.6 is 12.4 Å². The van der Waals surface area contributed by atoms with E-state index in [1.54, 1.807) is 0 Å². The molecule has 2 fully saturated rings. The van der Waals surface area contributed by atoms with Crippen molar-refractivity contribution in [2.24, 2.45) is 11.8 Å². The number of rotatable bonds is 4. The van der Waals surface area contributed by atoms with Crippen LogP contribution in [-0.2, 0) is 0 Å². The second kappa shape index (κ2) is 8.29. The monoisotopic (exact) mass is 247 g/mol. The van der Waals surface area contributed by atoms with Crippen molar-refractivity contribution in [1.29, 1.82) is 0 Å². The highest BCUT2D eigenvalue weighted by Gasteiger charge is 2.15. The van der Waals surface area contributed by atoms with Crippen molar-refractivity contribution in [2.45, 2.75) is 25.7 Å². The lowest BCUT2D eigenvalue weighted by Gasteiger charge is -2.26. The lowest BCUT2D eigenvalue weighted by molar-refractivity contribution is 0.323. The molecule has 2 heterocycles. The van der Waals surface area contributed by atoms with Crippen molar-refractivity contribution in [2.75, 3.05) is 39.3 Å². The average molecular weight is 248 g/mol. The van der Waals surface area contributed by atoms with Gasteiger partial charge in [-0.15, -0.1) is 12.4 Å². The van der Waals surface area contributed by atoms with Gasteiger partial charge < -0.3 is 16.0 Å². The highest BCUT2D eigenvalue weighted by Crippen LogP contribution is 2.10. The molecule has 96 valence electrons. The van der Waals surface area contributed by atoms with Gasteiger partial charge in [0.2, 0.25) is 0 Å². The quantitative estimate of drug-likeness (QED) is 0.694. The van der Waals surface area contributed by atoms with Crippen molar-refractivity contribution in [3.63, 3.8) is 0 Å². The molecule has 3 nitrogen and oxygen atoms in total. The zero-order valence-electron chi connectivity index (χ0n) is 10.1. The number of piperidine rings is 2. The fraction of sp³-hybridized carbons (Fsp3) is 1.00. The Morgan fingerprint density at radius 2 is 1.38 bits per heavy atom. The van der Waals surface area contributed by atoms with E-state index in [1.807, 2.05) is 0 Å². The second-order valence-electron chi connectivity index (χ2n) is 5.08. The van der Waals surface area contributed by atoms with Crippen LogP contribution in [0, 0.1) is 11.8 Å². The van der Waals surface area contributed by atoms with Crippen molar-refractivity contribution in [3.05, 3.63) is 0 Å². The normalized spacial score (nSPS) is 30.8. The molecule has 0 radical (unpaired) electrons. The van der Waals surface area contributed by atoms with Crippen molar-refractivity contribution < 1.29 is 0 Å². The standard InChI is InChI=1S/C12H25N3.ClH/c1-3-11(7-13-5-1)9-15-10-12-4-2-6-14-8-12;/h11-15H,1-10H2;1H. The summed E-state index contributed by atoms with van der Waals surface area (Å²) in [6.07, 6.45) is 5.53. The maximum atomic E-state index is 3.64. The van der Waals surface area contributed by atoms with Crippen LogP contribution in [0.2, 0.25) is 0 Å². The van der Waals surface area contributed by atoms with Gasteiger partial charge in [0.05, 0.1) is 0 Å². The molecule has 2 unspecified atom stereocenters. The van der Waals surface area contributed by atoms with Crippen LogP contribution in [0.1, 0.15) is 25.7 Å². The SMILES string of the molecule is C1CNCC(CNCC2CCCNC2)C1.Cl. The first-order valence-corrected chi connectivity index (χ1v) is 6.57. The third-order valence-electron chi connectivity index (χ3n) is 3.66. The van der Waals surface area contributed by atoms with Crippen LogP contribution in [0.4, 0.5) is 0 Å². The summed E-state index contributed by atoms with van der Waals surface area (Å²) in [7, 11) is 0. The van der Waals surface area contributed by atoms with Gasteiger partial charge in [0.1, 0.15) is 0 Å². The minimum atomic E-state index is 0. The van der Waals surface area contributed by atoms with Crippen LogP contribution in [0.15, 0.2) is 0 Å². The Morgan fingerprint density at radius 1 is 0.875 bits per heavy atom. The van der Waals surface area contributed by atoms with Gasteiger partial charge >= 0.3 is 0 Å². The molecule has 3 N–H and O–H groups in total. The molecule has 0 bridgehead atoms. The Kier molecular flexibility index (Phi) is 7.37. The van der Waals surface area contributed by atoms with E-state index in [0.717, 1.165) is 11.8 Å². The lowest BCUT2D eigenvalue weighted by Crippen LogP contribution is -2.40. The van der Waals surface area contributed by atoms with E-state index in [-0.39, 0.29) is 12.4 Å². The topological polar surface area (TPSA) is 36.1 Å². The van der Waals surface area contributed by atoms with Crippen molar-refractivity contribution in [1.82, 2.24) is 16.0 Å². The van der Waals surface area contributed by atoms with E-state index in [1.165, 1.54) is 65.0 Å². The minimum Gasteiger partial charge on any atom is -0.316 e. The summed E-state index contributed by atoms with van der Waals surface area (Å²) in [5, 5.41) is 10.6. The molecule has 2 aliphatic heterocycles. The van der Waals surface area contributed by atoms with Crippen LogP contribution in [-0.4, -0.2) is 39.3 Å². The molecule has 16 heavy (non-hydrogen) atoms. The van der Waals surface area contributed by atoms with Gasteiger partial charge in [-0.05, 0) is 76.8 Å². The van der Waals surface area contributed by atoms with Crippen LogP contribution in [0.3, 0.4) is 0 Å². The van der Waals surface area contributed by atoms with Crippen LogP contribution in [0.25, 0.3) is 0 Å². The summed E-state index contributed by atoms with van der Waals surface area (Å²) < 4.78 is 0. The summed E-state index contributed by atoms with van der Waals surface area (Å²) in [6.45, 7) is 7.31. The van der Waals surface area contributed by atoms with Crippen molar-refractivity contribution >= 4 is 12.4 Å². The predicted octanol–water partition coefficient (Wildman–Crippen LogP) is 0.997. The van der Waals surface area contributed by atoms with Crippen LogP contribution < -0.4 is 16.0 Å². The highest BCUT2D eigenvalue weighted by molar-refractivity contribution is 5.85.